The second-order valence-corrected chi connectivity index (χ2v) is 9.28. The molecule has 2 amide bonds. The van der Waals surface area contributed by atoms with Crippen molar-refractivity contribution in [3.8, 4) is 0 Å². The molecule has 1 aliphatic rings. The molecule has 24 heavy (non-hydrogen) atoms. The van der Waals surface area contributed by atoms with Gasteiger partial charge in [-0.15, -0.1) is 0 Å². The van der Waals surface area contributed by atoms with E-state index < -0.39 is 10.0 Å². The fourth-order valence-electron chi connectivity index (χ4n) is 2.56. The number of nitrogens with one attached hydrogen (secondary N) is 1. The molecule has 1 aliphatic heterocycles. The maximum absolute atomic E-state index is 12.6. The van der Waals surface area contributed by atoms with Gasteiger partial charge in [-0.2, -0.15) is 4.31 Å². The summed E-state index contributed by atoms with van der Waals surface area (Å²) in [7, 11) is -3.36. The van der Waals surface area contributed by atoms with Gasteiger partial charge in [0.25, 0.3) is 0 Å². The van der Waals surface area contributed by atoms with E-state index in [-0.39, 0.29) is 17.3 Å². The highest BCUT2D eigenvalue weighted by molar-refractivity contribution is 7.88. The number of carbonyl (C=O) groups is 1. The second kappa shape index (κ2) is 7.11. The minimum absolute atomic E-state index is 0.00146. The van der Waals surface area contributed by atoms with Gasteiger partial charge in [0.1, 0.15) is 0 Å². The monoisotopic (exact) mass is 353 g/mol. The third kappa shape index (κ3) is 5.21. The topological polar surface area (TPSA) is 69.7 Å². The van der Waals surface area contributed by atoms with Crippen molar-refractivity contribution in [3.63, 3.8) is 0 Å². The maximum atomic E-state index is 12.6. The number of hydrogen-bond donors (Lipinski definition) is 1. The van der Waals surface area contributed by atoms with Gasteiger partial charge in [-0.05, 0) is 33.3 Å². The number of rotatable bonds is 3. The van der Waals surface area contributed by atoms with E-state index in [0.717, 1.165) is 11.1 Å². The minimum Gasteiger partial charge on any atom is -0.333 e. The Kier molecular flexibility index (Phi) is 5.55. The largest absolute Gasteiger partial charge is 0.333 e. The van der Waals surface area contributed by atoms with Crippen LogP contribution >= 0.6 is 0 Å². The van der Waals surface area contributed by atoms with Gasteiger partial charge in [0.15, 0.2) is 0 Å². The van der Waals surface area contributed by atoms with Crippen LogP contribution in [0.5, 0.6) is 0 Å². The number of benzene rings is 1. The molecular formula is C17H27N3O3S. The summed E-state index contributed by atoms with van der Waals surface area (Å²) >= 11 is 0. The van der Waals surface area contributed by atoms with Crippen molar-refractivity contribution in [1.29, 1.82) is 0 Å². The summed E-state index contributed by atoms with van der Waals surface area (Å²) in [6.45, 7) is 9.25. The van der Waals surface area contributed by atoms with E-state index >= 15 is 0 Å². The summed E-state index contributed by atoms with van der Waals surface area (Å²) in [5.74, 6) is 0.00146. The quantitative estimate of drug-likeness (QED) is 0.903. The van der Waals surface area contributed by atoms with Crippen molar-refractivity contribution in [1.82, 2.24) is 14.5 Å². The first kappa shape index (κ1) is 18.7. The first-order valence-electron chi connectivity index (χ1n) is 8.17. The fraction of sp³-hybridized carbons (Fsp3) is 0.588. The maximum Gasteiger partial charge on any atom is 0.317 e. The summed E-state index contributed by atoms with van der Waals surface area (Å²) in [6.07, 6.45) is 0. The predicted molar refractivity (Wildman–Crippen MR) is 95.2 cm³/mol. The molecule has 6 nitrogen and oxygen atoms in total. The van der Waals surface area contributed by atoms with Crippen molar-refractivity contribution >= 4 is 16.1 Å². The van der Waals surface area contributed by atoms with Gasteiger partial charge in [-0.25, -0.2) is 13.2 Å². The molecule has 134 valence electrons. The van der Waals surface area contributed by atoms with E-state index in [1.165, 1.54) is 4.31 Å². The third-order valence-corrected chi connectivity index (χ3v) is 5.72. The molecule has 1 fully saturated rings. The van der Waals surface area contributed by atoms with E-state index in [9.17, 15) is 13.2 Å². The molecule has 1 aromatic carbocycles. The average Bonchev–Trinajstić information content (AvgIpc) is 2.48. The summed E-state index contributed by atoms with van der Waals surface area (Å²) < 4.78 is 26.6. The van der Waals surface area contributed by atoms with Crippen LogP contribution in [0.25, 0.3) is 0 Å². The van der Waals surface area contributed by atoms with Gasteiger partial charge in [-0.1, -0.05) is 29.8 Å². The lowest BCUT2D eigenvalue weighted by atomic mass is 10.1. The molecule has 1 aromatic rings. The normalized spacial score (nSPS) is 16.9. The van der Waals surface area contributed by atoms with Crippen LogP contribution in [-0.4, -0.2) is 55.4 Å². The van der Waals surface area contributed by atoms with Crippen molar-refractivity contribution < 1.29 is 13.2 Å². The highest BCUT2D eigenvalue weighted by Crippen LogP contribution is 2.15. The SMILES string of the molecule is Cc1ccc(CS(=O)(=O)N2CCN(C(=O)NC(C)(C)C)CC2)cc1. The molecule has 0 bridgehead atoms. The second-order valence-electron chi connectivity index (χ2n) is 7.31. The molecule has 0 aliphatic carbocycles. The zero-order chi connectivity index (χ0) is 18.0. The number of sulfonamides is 1. The number of urea groups is 1. The van der Waals surface area contributed by atoms with Crippen LogP contribution in [0.1, 0.15) is 31.9 Å². The molecule has 0 spiro atoms. The highest BCUT2D eigenvalue weighted by Gasteiger charge is 2.29. The predicted octanol–water partition coefficient (Wildman–Crippen LogP) is 1.95. The van der Waals surface area contributed by atoms with Gasteiger partial charge >= 0.3 is 6.03 Å². The number of piperazine rings is 1. The lowest BCUT2D eigenvalue weighted by Crippen LogP contribution is -2.56. The zero-order valence-corrected chi connectivity index (χ0v) is 15.7. The molecule has 1 saturated heterocycles. The van der Waals surface area contributed by atoms with Crippen LogP contribution in [-0.2, 0) is 15.8 Å². The van der Waals surface area contributed by atoms with E-state index in [1.807, 2.05) is 52.0 Å². The Hall–Kier alpha value is -1.60. The Morgan fingerprint density at radius 3 is 2.12 bits per heavy atom. The third-order valence-electron chi connectivity index (χ3n) is 3.87. The molecule has 7 heteroatoms. The first-order valence-corrected chi connectivity index (χ1v) is 9.78. The molecule has 1 N–H and O–H groups in total. The Bertz CT molecular complexity index is 670. The number of hydrogen-bond acceptors (Lipinski definition) is 3. The number of amides is 2. The lowest BCUT2D eigenvalue weighted by molar-refractivity contribution is 0.165. The zero-order valence-electron chi connectivity index (χ0n) is 14.9. The summed E-state index contributed by atoms with van der Waals surface area (Å²) in [4.78, 5) is 13.8. The molecule has 2 rings (SSSR count). The van der Waals surface area contributed by atoms with E-state index in [2.05, 4.69) is 5.32 Å². The summed E-state index contributed by atoms with van der Waals surface area (Å²) in [5.41, 5.74) is 1.59. The summed E-state index contributed by atoms with van der Waals surface area (Å²) in [6, 6.07) is 7.39. The van der Waals surface area contributed by atoms with Crippen molar-refractivity contribution in [2.24, 2.45) is 0 Å². The smallest absolute Gasteiger partial charge is 0.317 e. The molecular weight excluding hydrogens is 326 g/mol. The molecule has 0 atom stereocenters. The standard InChI is InChI=1S/C17H27N3O3S/c1-14-5-7-15(8-6-14)13-24(22,23)20-11-9-19(10-12-20)16(21)18-17(2,3)4/h5-8H,9-13H2,1-4H3,(H,18,21). The van der Waals surface area contributed by atoms with Crippen LogP contribution in [0.2, 0.25) is 0 Å². The molecule has 0 aromatic heterocycles. The van der Waals surface area contributed by atoms with Gasteiger partial charge in [-0.3, -0.25) is 0 Å². The Morgan fingerprint density at radius 1 is 1.08 bits per heavy atom. The van der Waals surface area contributed by atoms with E-state index in [1.54, 1.807) is 4.90 Å². The van der Waals surface area contributed by atoms with E-state index in [4.69, 9.17) is 0 Å². The average molecular weight is 353 g/mol. The van der Waals surface area contributed by atoms with Crippen molar-refractivity contribution in [2.75, 3.05) is 26.2 Å². The van der Waals surface area contributed by atoms with Crippen LogP contribution in [0, 0.1) is 6.92 Å². The Labute approximate surface area is 144 Å². The summed E-state index contributed by atoms with van der Waals surface area (Å²) in [5, 5.41) is 2.91. The van der Waals surface area contributed by atoms with Gasteiger partial charge in [0, 0.05) is 31.7 Å². The van der Waals surface area contributed by atoms with Crippen LogP contribution in [0.15, 0.2) is 24.3 Å². The first-order chi connectivity index (χ1) is 11.1. The highest BCUT2D eigenvalue weighted by atomic mass is 32.2. The Balaban J connectivity index is 1.93. The van der Waals surface area contributed by atoms with Crippen LogP contribution in [0.3, 0.4) is 0 Å². The van der Waals surface area contributed by atoms with Crippen molar-refractivity contribution in [3.05, 3.63) is 35.4 Å². The number of carbonyl (C=O) groups excluding carboxylic acids is 1. The molecule has 0 unspecified atom stereocenters. The Morgan fingerprint density at radius 2 is 1.62 bits per heavy atom. The van der Waals surface area contributed by atoms with Crippen LogP contribution < -0.4 is 5.32 Å². The molecule has 1 heterocycles. The lowest BCUT2D eigenvalue weighted by Gasteiger charge is -2.35. The minimum atomic E-state index is -3.36. The number of nitrogens with zero attached hydrogens (tertiary/aromatic N) is 2. The van der Waals surface area contributed by atoms with Crippen LogP contribution in [0.4, 0.5) is 4.79 Å². The molecule has 0 saturated carbocycles. The fourth-order valence-corrected chi connectivity index (χ4v) is 4.07. The van der Waals surface area contributed by atoms with E-state index in [0.29, 0.717) is 26.2 Å². The van der Waals surface area contributed by atoms with Crippen molar-refractivity contribution in [2.45, 2.75) is 39.0 Å². The number of aryl methyl sites for hydroxylation is 1. The molecule has 0 radical (unpaired) electrons. The van der Waals surface area contributed by atoms with Gasteiger partial charge in [0.2, 0.25) is 10.0 Å². The van der Waals surface area contributed by atoms with Gasteiger partial charge < -0.3 is 10.2 Å². The van der Waals surface area contributed by atoms with Gasteiger partial charge in [0.05, 0.1) is 5.75 Å².